The zero-order chi connectivity index (χ0) is 20.0. The van der Waals surface area contributed by atoms with Crippen LogP contribution in [0.5, 0.6) is 11.5 Å². The van der Waals surface area contributed by atoms with E-state index in [0.717, 1.165) is 44.8 Å². The van der Waals surface area contributed by atoms with Crippen LogP contribution in [0, 0.1) is 5.82 Å². The van der Waals surface area contributed by atoms with E-state index in [1.54, 1.807) is 13.2 Å². The molecule has 0 fully saturated rings. The Morgan fingerprint density at radius 3 is 2.69 bits per heavy atom. The van der Waals surface area contributed by atoms with Gasteiger partial charge in [-0.05, 0) is 60.2 Å². The van der Waals surface area contributed by atoms with Crippen LogP contribution in [0.1, 0.15) is 35.4 Å². The van der Waals surface area contributed by atoms with Gasteiger partial charge in [0, 0.05) is 22.0 Å². The molecule has 0 aliphatic carbocycles. The van der Waals surface area contributed by atoms with Gasteiger partial charge in [-0.3, -0.25) is 0 Å². The highest BCUT2D eigenvalue weighted by Crippen LogP contribution is 2.48. The Bertz CT molecular complexity index is 1100. The molecule has 4 nitrogen and oxygen atoms in total. The van der Waals surface area contributed by atoms with Crippen molar-refractivity contribution in [1.82, 2.24) is 5.01 Å². The molecule has 0 bridgehead atoms. The van der Waals surface area contributed by atoms with Crippen LogP contribution in [0.15, 0.2) is 76.3 Å². The van der Waals surface area contributed by atoms with Crippen molar-refractivity contribution in [3.05, 3.63) is 93.7 Å². The predicted molar refractivity (Wildman–Crippen MR) is 113 cm³/mol. The van der Waals surface area contributed by atoms with E-state index in [0.29, 0.717) is 0 Å². The SMILES string of the molecule is COc1ccc(C2=NN3[C@@H](c4cccc(F)c4)Oc4ccc(Br)cc4[C@@H]3C2)cc1. The monoisotopic (exact) mass is 452 g/mol. The van der Waals surface area contributed by atoms with Crippen LogP contribution in [-0.4, -0.2) is 17.8 Å². The molecule has 2 aliphatic rings. The van der Waals surface area contributed by atoms with Crippen LogP contribution in [0.4, 0.5) is 4.39 Å². The van der Waals surface area contributed by atoms with Crippen molar-refractivity contribution in [3.8, 4) is 11.5 Å². The smallest absolute Gasteiger partial charge is 0.213 e. The van der Waals surface area contributed by atoms with Crippen molar-refractivity contribution in [2.24, 2.45) is 5.10 Å². The number of rotatable bonds is 3. The molecule has 0 saturated carbocycles. The van der Waals surface area contributed by atoms with Crippen LogP contribution < -0.4 is 9.47 Å². The Labute approximate surface area is 176 Å². The summed E-state index contributed by atoms with van der Waals surface area (Å²) in [5.41, 5.74) is 3.81. The summed E-state index contributed by atoms with van der Waals surface area (Å²) in [4.78, 5) is 0. The van der Waals surface area contributed by atoms with E-state index >= 15 is 0 Å². The first-order chi connectivity index (χ1) is 14.1. The molecule has 2 aliphatic heterocycles. The first-order valence-corrected chi connectivity index (χ1v) is 10.1. The highest BCUT2D eigenvalue weighted by Gasteiger charge is 2.41. The van der Waals surface area contributed by atoms with Gasteiger partial charge in [-0.2, -0.15) is 5.10 Å². The Balaban J connectivity index is 1.58. The minimum absolute atomic E-state index is 0.0154. The Kier molecular flexibility index (Phi) is 4.51. The van der Waals surface area contributed by atoms with E-state index in [4.69, 9.17) is 14.6 Å². The molecule has 3 aromatic rings. The van der Waals surface area contributed by atoms with Gasteiger partial charge in [0.05, 0.1) is 18.9 Å². The summed E-state index contributed by atoms with van der Waals surface area (Å²) in [6, 6.07) is 20.4. The molecule has 0 aromatic heterocycles. The van der Waals surface area contributed by atoms with Crippen molar-refractivity contribution in [3.63, 3.8) is 0 Å². The van der Waals surface area contributed by atoms with Gasteiger partial charge in [-0.25, -0.2) is 9.40 Å². The van der Waals surface area contributed by atoms with E-state index in [1.165, 1.54) is 12.1 Å². The Morgan fingerprint density at radius 1 is 1.10 bits per heavy atom. The van der Waals surface area contributed by atoms with Crippen molar-refractivity contribution in [1.29, 1.82) is 0 Å². The van der Waals surface area contributed by atoms with Gasteiger partial charge in [0.2, 0.25) is 6.23 Å². The van der Waals surface area contributed by atoms with Crippen LogP contribution in [0.25, 0.3) is 0 Å². The lowest BCUT2D eigenvalue weighted by molar-refractivity contribution is -0.0192. The number of hydrogen-bond acceptors (Lipinski definition) is 4. The number of benzene rings is 3. The summed E-state index contributed by atoms with van der Waals surface area (Å²) in [5, 5.41) is 6.85. The lowest BCUT2D eigenvalue weighted by Crippen LogP contribution is -2.33. The number of halogens is 2. The average Bonchev–Trinajstić information content (AvgIpc) is 3.19. The molecule has 0 saturated heterocycles. The minimum Gasteiger partial charge on any atom is -0.497 e. The fourth-order valence-corrected chi connectivity index (χ4v) is 4.27. The summed E-state index contributed by atoms with van der Waals surface area (Å²) in [6.45, 7) is 0. The molecule has 0 unspecified atom stereocenters. The van der Waals surface area contributed by atoms with E-state index in [9.17, 15) is 4.39 Å². The quantitative estimate of drug-likeness (QED) is 0.500. The number of nitrogens with zero attached hydrogens (tertiary/aromatic N) is 2. The molecule has 146 valence electrons. The largest absolute Gasteiger partial charge is 0.497 e. The van der Waals surface area contributed by atoms with Gasteiger partial charge in [0.1, 0.15) is 17.3 Å². The summed E-state index contributed by atoms with van der Waals surface area (Å²) < 4.78 is 26.4. The maximum absolute atomic E-state index is 13.9. The third-order valence-corrected chi connectivity index (χ3v) is 5.80. The third kappa shape index (κ3) is 3.27. The van der Waals surface area contributed by atoms with Gasteiger partial charge in [0.15, 0.2) is 0 Å². The van der Waals surface area contributed by atoms with Crippen molar-refractivity contribution >= 4 is 21.6 Å². The van der Waals surface area contributed by atoms with Crippen molar-refractivity contribution < 1.29 is 13.9 Å². The van der Waals surface area contributed by atoms with Crippen LogP contribution >= 0.6 is 15.9 Å². The molecule has 0 spiro atoms. The minimum atomic E-state index is -0.486. The van der Waals surface area contributed by atoms with E-state index in [2.05, 4.69) is 22.0 Å². The second kappa shape index (κ2) is 7.19. The normalized spacial score (nSPS) is 19.8. The molecule has 29 heavy (non-hydrogen) atoms. The fraction of sp³-hybridized carbons (Fsp3) is 0.174. The number of hydrogen-bond donors (Lipinski definition) is 0. The topological polar surface area (TPSA) is 34.1 Å². The van der Waals surface area contributed by atoms with E-state index in [1.807, 2.05) is 47.5 Å². The van der Waals surface area contributed by atoms with E-state index < -0.39 is 6.23 Å². The first-order valence-electron chi connectivity index (χ1n) is 9.34. The first kappa shape index (κ1) is 18.2. The third-order valence-electron chi connectivity index (χ3n) is 5.31. The summed E-state index contributed by atoms with van der Waals surface area (Å²) >= 11 is 3.56. The molecule has 2 atom stereocenters. The molecular weight excluding hydrogens is 435 g/mol. The van der Waals surface area contributed by atoms with Gasteiger partial charge >= 0.3 is 0 Å². The van der Waals surface area contributed by atoms with Crippen LogP contribution in [-0.2, 0) is 0 Å². The standard InChI is InChI=1S/C23H18BrFN2O2/c1-28-18-8-5-14(6-9-18)20-13-21-19-12-16(24)7-10-22(19)29-23(27(21)26-20)15-3-2-4-17(25)11-15/h2-12,21,23H,13H2,1H3/t21-,23+/m0/s1. The van der Waals surface area contributed by atoms with Gasteiger partial charge in [-0.15, -0.1) is 0 Å². The van der Waals surface area contributed by atoms with Gasteiger partial charge in [0.25, 0.3) is 0 Å². The van der Waals surface area contributed by atoms with Gasteiger partial charge in [-0.1, -0.05) is 28.1 Å². The van der Waals surface area contributed by atoms with Crippen molar-refractivity contribution in [2.45, 2.75) is 18.7 Å². The Morgan fingerprint density at radius 2 is 1.93 bits per heavy atom. The molecule has 5 rings (SSSR count). The lowest BCUT2D eigenvalue weighted by atomic mass is 9.96. The Hall–Kier alpha value is -2.86. The number of fused-ring (bicyclic) bond motifs is 3. The van der Waals surface area contributed by atoms with E-state index in [-0.39, 0.29) is 11.9 Å². The molecule has 6 heteroatoms. The molecule has 2 heterocycles. The summed E-state index contributed by atoms with van der Waals surface area (Å²) in [5.74, 6) is 1.32. The fourth-order valence-electron chi connectivity index (χ4n) is 3.90. The summed E-state index contributed by atoms with van der Waals surface area (Å²) in [6.07, 6.45) is 0.255. The van der Waals surface area contributed by atoms with Crippen LogP contribution in [0.3, 0.4) is 0 Å². The second-order valence-electron chi connectivity index (χ2n) is 7.08. The molecule has 0 amide bonds. The molecule has 0 N–H and O–H groups in total. The highest BCUT2D eigenvalue weighted by atomic mass is 79.9. The van der Waals surface area contributed by atoms with Crippen molar-refractivity contribution in [2.75, 3.05) is 7.11 Å². The van der Waals surface area contributed by atoms with Gasteiger partial charge < -0.3 is 9.47 Å². The predicted octanol–water partition coefficient (Wildman–Crippen LogP) is 5.84. The number of hydrazone groups is 1. The lowest BCUT2D eigenvalue weighted by Gasteiger charge is -2.38. The second-order valence-corrected chi connectivity index (χ2v) is 8.00. The highest BCUT2D eigenvalue weighted by molar-refractivity contribution is 9.10. The molecule has 0 radical (unpaired) electrons. The maximum atomic E-state index is 13.9. The number of methoxy groups -OCH3 is 1. The number of ether oxygens (including phenoxy) is 2. The average molecular weight is 453 g/mol. The molecule has 3 aromatic carbocycles. The molecular formula is C23H18BrFN2O2. The van der Waals surface area contributed by atoms with Crippen LogP contribution in [0.2, 0.25) is 0 Å². The zero-order valence-electron chi connectivity index (χ0n) is 15.7. The summed E-state index contributed by atoms with van der Waals surface area (Å²) in [7, 11) is 1.65. The maximum Gasteiger partial charge on any atom is 0.213 e. The zero-order valence-corrected chi connectivity index (χ0v) is 17.3.